The van der Waals surface area contributed by atoms with E-state index >= 15 is 0 Å². The SMILES string of the molecule is [N-]=[N+]=NC1CS(=O)(=O)C[C@H](N2c3ccc(C(F)(F)F)cc3Oc3cc(C(F)(F)F)ccc32)[C@H]1O. The molecular weight excluding hydrogens is 494 g/mol. The second-order valence-corrected chi connectivity index (χ2v) is 9.89. The number of fused-ring (bicyclic) bond motifs is 2. The Bertz CT molecular complexity index is 1230. The largest absolute Gasteiger partial charge is 0.453 e. The summed E-state index contributed by atoms with van der Waals surface area (Å²) in [4.78, 5) is 3.64. The molecule has 2 heterocycles. The first-order valence-corrected chi connectivity index (χ1v) is 11.4. The minimum Gasteiger partial charge on any atom is -0.453 e. The number of anilines is 2. The smallest absolute Gasteiger partial charge is 0.416 e. The Morgan fingerprint density at radius 3 is 1.91 bits per heavy atom. The topological polar surface area (TPSA) is 116 Å². The van der Waals surface area contributed by atoms with Crippen molar-refractivity contribution in [3.05, 3.63) is 58.0 Å². The molecule has 182 valence electrons. The van der Waals surface area contributed by atoms with Crippen LogP contribution in [0.3, 0.4) is 0 Å². The fraction of sp³-hybridized carbons (Fsp3) is 0.368. The summed E-state index contributed by atoms with van der Waals surface area (Å²) in [6, 6.07) is 1.64. The number of halogens is 6. The average Bonchev–Trinajstić information content (AvgIpc) is 2.72. The summed E-state index contributed by atoms with van der Waals surface area (Å²) >= 11 is 0. The summed E-state index contributed by atoms with van der Waals surface area (Å²) in [6.45, 7) is 0. The van der Waals surface area contributed by atoms with E-state index in [4.69, 9.17) is 10.3 Å². The van der Waals surface area contributed by atoms with E-state index in [1.54, 1.807) is 0 Å². The Labute approximate surface area is 187 Å². The third kappa shape index (κ3) is 4.33. The van der Waals surface area contributed by atoms with Crippen LogP contribution in [-0.4, -0.2) is 43.2 Å². The third-order valence-electron chi connectivity index (χ3n) is 5.48. The maximum Gasteiger partial charge on any atom is 0.416 e. The Kier molecular flexibility index (Phi) is 5.61. The predicted octanol–water partition coefficient (Wildman–Crippen LogP) is 4.80. The van der Waals surface area contributed by atoms with Gasteiger partial charge in [0.15, 0.2) is 21.3 Å². The van der Waals surface area contributed by atoms with Crippen LogP contribution in [0.5, 0.6) is 11.5 Å². The lowest BCUT2D eigenvalue weighted by Crippen LogP contribution is -2.56. The number of sulfone groups is 1. The van der Waals surface area contributed by atoms with Gasteiger partial charge in [-0.25, -0.2) is 8.42 Å². The minimum absolute atomic E-state index is 0.110. The van der Waals surface area contributed by atoms with Gasteiger partial charge in [-0.15, -0.1) is 0 Å². The number of benzene rings is 2. The Morgan fingerprint density at radius 2 is 1.47 bits per heavy atom. The molecule has 2 aromatic carbocycles. The summed E-state index contributed by atoms with van der Waals surface area (Å²) in [5.41, 5.74) is 6.22. The molecule has 0 radical (unpaired) electrons. The average molecular weight is 508 g/mol. The molecule has 4 rings (SSSR count). The van der Waals surface area contributed by atoms with Gasteiger partial charge in [0.2, 0.25) is 0 Å². The lowest BCUT2D eigenvalue weighted by atomic mass is 9.99. The third-order valence-corrected chi connectivity index (χ3v) is 7.18. The maximum absolute atomic E-state index is 13.2. The van der Waals surface area contributed by atoms with Gasteiger partial charge in [-0.3, -0.25) is 0 Å². The van der Waals surface area contributed by atoms with Crippen molar-refractivity contribution in [3.8, 4) is 11.5 Å². The summed E-state index contributed by atoms with van der Waals surface area (Å²) in [6.07, 6.45) is -11.2. The summed E-state index contributed by atoms with van der Waals surface area (Å²) in [7, 11) is -3.92. The zero-order chi connectivity index (χ0) is 25.1. The molecule has 2 aromatic rings. The Hall–Kier alpha value is -3.16. The van der Waals surface area contributed by atoms with Gasteiger partial charge in [0.1, 0.15) is 0 Å². The highest BCUT2D eigenvalue weighted by atomic mass is 32.2. The van der Waals surface area contributed by atoms with Crippen molar-refractivity contribution in [2.24, 2.45) is 5.11 Å². The molecule has 0 bridgehead atoms. The molecule has 1 saturated heterocycles. The van der Waals surface area contributed by atoms with E-state index in [1.807, 2.05) is 0 Å². The molecule has 1 unspecified atom stereocenters. The molecule has 34 heavy (non-hydrogen) atoms. The number of aliphatic hydroxyl groups excluding tert-OH is 1. The van der Waals surface area contributed by atoms with E-state index in [2.05, 4.69) is 10.0 Å². The van der Waals surface area contributed by atoms with E-state index in [0.29, 0.717) is 24.3 Å². The van der Waals surface area contributed by atoms with Gasteiger partial charge >= 0.3 is 12.4 Å². The van der Waals surface area contributed by atoms with E-state index in [1.165, 1.54) is 0 Å². The molecule has 0 aromatic heterocycles. The van der Waals surface area contributed by atoms with E-state index < -0.39 is 74.5 Å². The van der Waals surface area contributed by atoms with Gasteiger partial charge < -0.3 is 14.7 Å². The number of rotatable bonds is 2. The van der Waals surface area contributed by atoms with Crippen molar-refractivity contribution in [1.29, 1.82) is 0 Å². The van der Waals surface area contributed by atoms with Crippen LogP contribution in [-0.2, 0) is 22.2 Å². The first kappa shape index (κ1) is 24.0. The van der Waals surface area contributed by atoms with Gasteiger partial charge in [0, 0.05) is 4.91 Å². The second-order valence-electron chi connectivity index (χ2n) is 7.74. The first-order chi connectivity index (χ1) is 15.7. The van der Waals surface area contributed by atoms with Crippen LogP contribution in [0, 0.1) is 0 Å². The molecule has 0 spiro atoms. The lowest BCUT2D eigenvalue weighted by Gasteiger charge is -2.43. The molecule has 0 amide bonds. The fourth-order valence-electron chi connectivity index (χ4n) is 3.99. The minimum atomic E-state index is -4.79. The summed E-state index contributed by atoms with van der Waals surface area (Å²) in [5.74, 6) is -2.35. The van der Waals surface area contributed by atoms with Gasteiger partial charge in [0.05, 0.1) is 52.2 Å². The van der Waals surface area contributed by atoms with E-state index in [0.717, 1.165) is 17.0 Å². The molecule has 8 nitrogen and oxygen atoms in total. The van der Waals surface area contributed by atoms with Crippen LogP contribution in [0.25, 0.3) is 10.4 Å². The van der Waals surface area contributed by atoms with Gasteiger partial charge in [0.25, 0.3) is 0 Å². The number of ether oxygens (including phenoxy) is 1. The molecule has 1 N–H and O–H groups in total. The van der Waals surface area contributed by atoms with Gasteiger partial charge in [-0.1, -0.05) is 5.11 Å². The van der Waals surface area contributed by atoms with Crippen molar-refractivity contribution >= 4 is 21.2 Å². The number of alkyl halides is 6. The van der Waals surface area contributed by atoms with Crippen LogP contribution in [0.15, 0.2) is 41.5 Å². The molecule has 2 aliphatic heterocycles. The summed E-state index contributed by atoms with van der Waals surface area (Å²) < 4.78 is 110. The van der Waals surface area contributed by atoms with Crippen molar-refractivity contribution in [1.82, 2.24) is 0 Å². The fourth-order valence-corrected chi connectivity index (χ4v) is 5.77. The first-order valence-electron chi connectivity index (χ1n) is 9.53. The van der Waals surface area contributed by atoms with Crippen molar-refractivity contribution in [2.75, 3.05) is 16.4 Å². The van der Waals surface area contributed by atoms with Crippen molar-refractivity contribution in [2.45, 2.75) is 30.5 Å². The highest BCUT2D eigenvalue weighted by Gasteiger charge is 2.46. The summed E-state index contributed by atoms with van der Waals surface area (Å²) in [5, 5.41) is 14.1. The van der Waals surface area contributed by atoms with Crippen molar-refractivity contribution in [3.63, 3.8) is 0 Å². The number of azide groups is 1. The monoisotopic (exact) mass is 508 g/mol. The standard InChI is InChI=1S/C19H14F6N4O4S/c20-18(21,22)9-1-3-12-15(5-9)33-16-6-10(19(23,24)25)2-4-13(16)29(12)14-8-34(31,32)7-11(17(14)30)27-28-26/h1-6,11,14,17,30H,7-8H2/t11?,14-,17-/m0/s1. The lowest BCUT2D eigenvalue weighted by molar-refractivity contribution is -0.138. The molecule has 15 heteroatoms. The zero-order valence-electron chi connectivity index (χ0n) is 16.7. The van der Waals surface area contributed by atoms with Crippen LogP contribution in [0.1, 0.15) is 11.1 Å². The Balaban J connectivity index is 1.92. The molecule has 0 saturated carbocycles. The highest BCUT2D eigenvalue weighted by Crippen LogP contribution is 2.51. The van der Waals surface area contributed by atoms with E-state index in [-0.39, 0.29) is 11.4 Å². The maximum atomic E-state index is 13.2. The Morgan fingerprint density at radius 1 is 0.971 bits per heavy atom. The van der Waals surface area contributed by atoms with Crippen LogP contribution >= 0.6 is 0 Å². The quantitative estimate of drug-likeness (QED) is 0.271. The molecule has 3 atom stereocenters. The van der Waals surface area contributed by atoms with Crippen LogP contribution in [0.4, 0.5) is 37.7 Å². The van der Waals surface area contributed by atoms with Crippen LogP contribution in [0.2, 0.25) is 0 Å². The molecular formula is C19H14F6N4O4S. The van der Waals surface area contributed by atoms with Gasteiger partial charge in [-0.05, 0) is 41.9 Å². The van der Waals surface area contributed by atoms with Crippen LogP contribution < -0.4 is 9.64 Å². The van der Waals surface area contributed by atoms with Gasteiger partial charge in [-0.2, -0.15) is 26.3 Å². The number of hydrogen-bond donors (Lipinski definition) is 1. The number of nitrogens with zero attached hydrogens (tertiary/aromatic N) is 4. The predicted molar refractivity (Wildman–Crippen MR) is 106 cm³/mol. The molecule has 2 aliphatic rings. The van der Waals surface area contributed by atoms with E-state index in [9.17, 15) is 39.9 Å². The second kappa shape index (κ2) is 7.96. The van der Waals surface area contributed by atoms with Crippen molar-refractivity contribution < 1.29 is 44.6 Å². The number of hydrogen-bond acceptors (Lipinski definition) is 6. The zero-order valence-corrected chi connectivity index (χ0v) is 17.6. The number of aliphatic hydroxyl groups is 1. The normalized spacial score (nSPS) is 23.9. The molecule has 0 aliphatic carbocycles. The molecule has 1 fully saturated rings. The highest BCUT2D eigenvalue weighted by molar-refractivity contribution is 7.91.